The molecule has 1 aliphatic carbocycles. The van der Waals surface area contributed by atoms with Crippen molar-refractivity contribution in [2.75, 3.05) is 23.3 Å². The van der Waals surface area contributed by atoms with Crippen molar-refractivity contribution in [1.82, 2.24) is 4.98 Å². The van der Waals surface area contributed by atoms with Crippen LogP contribution in [0.3, 0.4) is 0 Å². The minimum absolute atomic E-state index is 0.139. The van der Waals surface area contributed by atoms with Crippen LogP contribution in [0.15, 0.2) is 41.4 Å². The standard InChI is InChI=1S/C19H19F3N4O2S/c20-19(21,22)13-6-16(17(24-8-13)26-9-11-4-5-12(11)10-26)18(27)25-14-2-1-3-15(7-14)29(23)28/h1-3,6-8,11-12H,4-5,9-10,23H2,(H,25,27). The van der Waals surface area contributed by atoms with Crippen molar-refractivity contribution in [1.29, 1.82) is 0 Å². The summed E-state index contributed by atoms with van der Waals surface area (Å²) in [6.45, 7) is 1.37. The van der Waals surface area contributed by atoms with E-state index in [0.717, 1.165) is 25.1 Å². The summed E-state index contributed by atoms with van der Waals surface area (Å²) in [5, 5.41) is 7.92. The average molecular weight is 424 g/mol. The summed E-state index contributed by atoms with van der Waals surface area (Å²) >= 11 is 0. The number of amides is 1. The zero-order chi connectivity index (χ0) is 20.8. The molecule has 1 amide bonds. The van der Waals surface area contributed by atoms with Gasteiger partial charge in [0.15, 0.2) is 0 Å². The fourth-order valence-electron chi connectivity index (χ4n) is 3.86. The number of alkyl halides is 3. The quantitative estimate of drug-likeness (QED) is 0.789. The number of nitrogens with one attached hydrogen (secondary N) is 1. The summed E-state index contributed by atoms with van der Waals surface area (Å²) in [5.74, 6) is 0.554. The number of hydrogen-bond donors (Lipinski definition) is 2. The maximum absolute atomic E-state index is 13.2. The summed E-state index contributed by atoms with van der Waals surface area (Å²) in [4.78, 5) is 19.1. The van der Waals surface area contributed by atoms with Crippen LogP contribution in [0.2, 0.25) is 0 Å². The molecule has 0 radical (unpaired) electrons. The number of carbonyl (C=O) groups is 1. The van der Waals surface area contributed by atoms with Gasteiger partial charge in [0.2, 0.25) is 0 Å². The van der Waals surface area contributed by atoms with E-state index in [0.29, 0.717) is 29.8 Å². The van der Waals surface area contributed by atoms with Crippen LogP contribution in [0.1, 0.15) is 28.8 Å². The first-order valence-electron chi connectivity index (χ1n) is 9.12. The Morgan fingerprint density at radius 1 is 1.21 bits per heavy atom. The van der Waals surface area contributed by atoms with Crippen molar-refractivity contribution in [3.63, 3.8) is 0 Å². The van der Waals surface area contributed by atoms with Crippen LogP contribution in [0.4, 0.5) is 24.7 Å². The van der Waals surface area contributed by atoms with Crippen LogP contribution in [-0.2, 0) is 17.2 Å². The van der Waals surface area contributed by atoms with Gasteiger partial charge in [0.25, 0.3) is 5.91 Å². The van der Waals surface area contributed by atoms with Crippen molar-refractivity contribution >= 4 is 28.4 Å². The van der Waals surface area contributed by atoms with Gasteiger partial charge in [0.1, 0.15) is 16.8 Å². The predicted molar refractivity (Wildman–Crippen MR) is 103 cm³/mol. The van der Waals surface area contributed by atoms with E-state index in [9.17, 15) is 22.2 Å². The number of anilines is 2. The summed E-state index contributed by atoms with van der Waals surface area (Å²) < 4.78 is 51.1. The number of carbonyl (C=O) groups excluding carboxylic acids is 1. The third-order valence-electron chi connectivity index (χ3n) is 5.55. The van der Waals surface area contributed by atoms with Crippen molar-refractivity contribution < 1.29 is 22.2 Å². The van der Waals surface area contributed by atoms with Gasteiger partial charge in [-0.2, -0.15) is 13.2 Å². The molecule has 3 N–H and O–H groups in total. The molecule has 1 aliphatic heterocycles. The van der Waals surface area contributed by atoms with E-state index in [-0.39, 0.29) is 17.1 Å². The number of nitrogens with two attached hydrogens (primary N) is 1. The summed E-state index contributed by atoms with van der Waals surface area (Å²) in [6, 6.07) is 6.89. The molecule has 2 heterocycles. The molecule has 154 valence electrons. The molecule has 3 atom stereocenters. The Balaban J connectivity index is 1.67. The van der Waals surface area contributed by atoms with Crippen LogP contribution in [0.5, 0.6) is 0 Å². The summed E-state index contributed by atoms with van der Waals surface area (Å²) in [6.07, 6.45) is -1.66. The zero-order valence-corrected chi connectivity index (χ0v) is 16.1. The number of halogens is 3. The van der Waals surface area contributed by atoms with Gasteiger partial charge < -0.3 is 10.2 Å². The molecule has 1 aromatic heterocycles. The number of aromatic nitrogens is 1. The minimum atomic E-state index is -4.61. The molecule has 0 bridgehead atoms. The molecule has 2 aromatic rings. The monoisotopic (exact) mass is 424 g/mol. The van der Waals surface area contributed by atoms with Crippen molar-refractivity contribution in [2.45, 2.75) is 23.9 Å². The van der Waals surface area contributed by atoms with Crippen molar-refractivity contribution in [2.24, 2.45) is 17.0 Å². The third-order valence-corrected chi connectivity index (χ3v) is 6.27. The fraction of sp³-hybridized carbons (Fsp3) is 0.368. The first-order chi connectivity index (χ1) is 13.7. The van der Waals surface area contributed by atoms with Gasteiger partial charge in [0.05, 0.1) is 16.0 Å². The van der Waals surface area contributed by atoms with Gasteiger partial charge in [-0.15, -0.1) is 0 Å². The number of pyridine rings is 1. The third kappa shape index (κ3) is 3.99. The lowest BCUT2D eigenvalue weighted by molar-refractivity contribution is -0.137. The Morgan fingerprint density at radius 2 is 1.90 bits per heavy atom. The van der Waals surface area contributed by atoms with Crippen molar-refractivity contribution in [3.8, 4) is 0 Å². The SMILES string of the molecule is NS(=O)c1cccc(NC(=O)c2cc(C(F)(F)F)cnc2N2CC3CCC3C2)c1. The zero-order valence-electron chi connectivity index (χ0n) is 15.3. The number of hydrogen-bond acceptors (Lipinski definition) is 4. The number of benzene rings is 1. The molecule has 6 nitrogen and oxygen atoms in total. The minimum Gasteiger partial charge on any atom is -0.355 e. The first-order valence-corrected chi connectivity index (χ1v) is 10.3. The Morgan fingerprint density at radius 3 is 2.48 bits per heavy atom. The van der Waals surface area contributed by atoms with Crippen LogP contribution in [-0.4, -0.2) is 28.2 Å². The molecule has 29 heavy (non-hydrogen) atoms. The normalized spacial score (nSPS) is 22.0. The highest BCUT2D eigenvalue weighted by atomic mass is 32.2. The summed E-state index contributed by atoms with van der Waals surface area (Å²) in [5.41, 5.74) is -0.832. The van der Waals surface area contributed by atoms with Crippen LogP contribution in [0.25, 0.3) is 0 Å². The molecule has 1 saturated carbocycles. The second-order valence-corrected chi connectivity index (χ2v) is 8.44. The molecule has 2 fully saturated rings. The van der Waals surface area contributed by atoms with E-state index in [1.54, 1.807) is 12.1 Å². The molecule has 0 spiro atoms. The second kappa shape index (κ2) is 7.42. The van der Waals surface area contributed by atoms with Gasteiger partial charge in [-0.3, -0.25) is 4.79 Å². The predicted octanol–water partition coefficient (Wildman–Crippen LogP) is 3.18. The Hall–Kier alpha value is -2.46. The van der Waals surface area contributed by atoms with E-state index in [2.05, 4.69) is 10.3 Å². The van der Waals surface area contributed by atoms with Gasteiger partial charge in [-0.1, -0.05) is 6.07 Å². The maximum Gasteiger partial charge on any atom is 0.417 e. The van der Waals surface area contributed by atoms with Gasteiger partial charge in [0, 0.05) is 25.0 Å². The highest BCUT2D eigenvalue weighted by molar-refractivity contribution is 7.82. The lowest BCUT2D eigenvalue weighted by Crippen LogP contribution is -2.26. The maximum atomic E-state index is 13.2. The molecule has 3 unspecified atom stereocenters. The van der Waals surface area contributed by atoms with Crippen LogP contribution >= 0.6 is 0 Å². The Labute approximate surface area is 167 Å². The van der Waals surface area contributed by atoms with E-state index in [1.807, 2.05) is 4.90 Å². The van der Waals surface area contributed by atoms with Crippen LogP contribution in [0, 0.1) is 11.8 Å². The molecular formula is C19H19F3N4O2S. The number of nitrogens with zero attached hydrogens (tertiary/aromatic N) is 2. The number of fused-ring (bicyclic) bond motifs is 1. The first kappa shape index (κ1) is 19.8. The topological polar surface area (TPSA) is 88.3 Å². The highest BCUT2D eigenvalue weighted by Gasteiger charge is 2.41. The molecule has 2 aliphatic rings. The molecular weight excluding hydrogens is 405 g/mol. The van der Waals surface area contributed by atoms with E-state index in [1.165, 1.54) is 12.1 Å². The van der Waals surface area contributed by atoms with Gasteiger partial charge >= 0.3 is 6.18 Å². The second-order valence-electron chi connectivity index (χ2n) is 7.37. The lowest BCUT2D eigenvalue weighted by atomic mass is 9.77. The van der Waals surface area contributed by atoms with Gasteiger partial charge in [-0.05, 0) is 48.9 Å². The summed E-state index contributed by atoms with van der Waals surface area (Å²) in [7, 11) is -1.74. The fourth-order valence-corrected chi connectivity index (χ4v) is 4.32. The largest absolute Gasteiger partial charge is 0.417 e. The van der Waals surface area contributed by atoms with Crippen molar-refractivity contribution in [3.05, 3.63) is 47.7 Å². The van der Waals surface area contributed by atoms with E-state index >= 15 is 0 Å². The molecule has 1 saturated heterocycles. The van der Waals surface area contributed by atoms with E-state index in [4.69, 9.17) is 5.14 Å². The molecule has 1 aromatic carbocycles. The molecule has 10 heteroatoms. The average Bonchev–Trinajstić information content (AvgIpc) is 2.95. The van der Waals surface area contributed by atoms with Crippen LogP contribution < -0.4 is 15.4 Å². The lowest BCUT2D eigenvalue weighted by Gasteiger charge is -2.27. The Bertz CT molecular complexity index is 970. The Kier molecular flexibility index (Phi) is 5.07. The van der Waals surface area contributed by atoms with Gasteiger partial charge in [-0.25, -0.2) is 14.3 Å². The number of rotatable bonds is 4. The smallest absolute Gasteiger partial charge is 0.355 e. The van der Waals surface area contributed by atoms with E-state index < -0.39 is 28.6 Å². The molecule has 4 rings (SSSR count). The highest BCUT2D eigenvalue weighted by Crippen LogP contribution is 2.42.